The van der Waals surface area contributed by atoms with Crippen LogP contribution in [0.15, 0.2) is 47.3 Å². The van der Waals surface area contributed by atoms with Crippen LogP contribution in [-0.4, -0.2) is 32.0 Å². The van der Waals surface area contributed by atoms with Crippen molar-refractivity contribution in [3.8, 4) is 5.75 Å². The van der Waals surface area contributed by atoms with Crippen LogP contribution in [0.25, 0.3) is 0 Å². The number of aromatic nitrogens is 4. The van der Waals surface area contributed by atoms with Crippen LogP contribution in [0.2, 0.25) is 10.0 Å². The Labute approximate surface area is 174 Å². The maximum Gasteiger partial charge on any atom is 0.271 e. The van der Waals surface area contributed by atoms with Gasteiger partial charge in [0.15, 0.2) is 6.73 Å². The van der Waals surface area contributed by atoms with Crippen molar-refractivity contribution in [2.75, 3.05) is 6.54 Å². The lowest BCUT2D eigenvalue weighted by Gasteiger charge is -2.08. The van der Waals surface area contributed by atoms with Gasteiger partial charge in [-0.2, -0.15) is 10.2 Å². The zero-order valence-corrected chi connectivity index (χ0v) is 17.2. The van der Waals surface area contributed by atoms with E-state index in [0.717, 1.165) is 17.4 Å². The first-order chi connectivity index (χ1) is 13.0. The predicted octanol–water partition coefficient (Wildman–Crippen LogP) is 4.01. The number of rotatable bonds is 8. The Bertz CT molecular complexity index is 928. The van der Waals surface area contributed by atoms with Crippen molar-refractivity contribution < 1.29 is 9.53 Å². The molecular formula is C17H16BrCl2N5O2. The number of hydrogen-bond donors (Lipinski definition) is 1. The van der Waals surface area contributed by atoms with E-state index in [1.807, 2.05) is 10.9 Å². The van der Waals surface area contributed by atoms with Crippen molar-refractivity contribution in [3.05, 3.63) is 63.1 Å². The second kappa shape index (κ2) is 9.25. The summed E-state index contributed by atoms with van der Waals surface area (Å²) < 4.78 is 9.84. The van der Waals surface area contributed by atoms with Gasteiger partial charge in [0.05, 0.1) is 15.7 Å². The van der Waals surface area contributed by atoms with Crippen LogP contribution in [0, 0.1) is 0 Å². The van der Waals surface area contributed by atoms with E-state index >= 15 is 0 Å². The SMILES string of the molecule is O=C(NCCCn1cc(Br)cn1)c1ccn(COc2ccc(Cl)cc2Cl)n1. The number of benzene rings is 1. The molecule has 2 heterocycles. The first-order valence-electron chi connectivity index (χ1n) is 8.09. The van der Waals surface area contributed by atoms with E-state index < -0.39 is 0 Å². The second-order valence-electron chi connectivity index (χ2n) is 5.62. The van der Waals surface area contributed by atoms with Gasteiger partial charge in [-0.3, -0.25) is 9.48 Å². The fraction of sp³-hybridized carbons (Fsp3) is 0.235. The molecule has 0 saturated carbocycles. The van der Waals surface area contributed by atoms with Crippen LogP contribution >= 0.6 is 39.1 Å². The summed E-state index contributed by atoms with van der Waals surface area (Å²) in [4.78, 5) is 12.1. The second-order valence-corrected chi connectivity index (χ2v) is 7.38. The van der Waals surface area contributed by atoms with E-state index in [9.17, 15) is 4.79 Å². The molecule has 1 aromatic carbocycles. The highest BCUT2D eigenvalue weighted by Crippen LogP contribution is 2.27. The van der Waals surface area contributed by atoms with Crippen LogP contribution < -0.4 is 10.1 Å². The molecule has 0 atom stereocenters. The Morgan fingerprint density at radius 3 is 2.85 bits per heavy atom. The largest absolute Gasteiger partial charge is 0.470 e. The molecule has 7 nitrogen and oxygen atoms in total. The molecule has 27 heavy (non-hydrogen) atoms. The number of ether oxygens (including phenoxy) is 1. The monoisotopic (exact) mass is 471 g/mol. The van der Waals surface area contributed by atoms with E-state index in [0.29, 0.717) is 28.0 Å². The number of nitrogens with zero attached hydrogens (tertiary/aromatic N) is 4. The van der Waals surface area contributed by atoms with Crippen LogP contribution in [-0.2, 0) is 13.3 Å². The fourth-order valence-corrected chi connectivity index (χ4v) is 3.07. The average molecular weight is 473 g/mol. The molecule has 0 spiro atoms. The van der Waals surface area contributed by atoms with Gasteiger partial charge in [0, 0.05) is 30.5 Å². The molecule has 0 bridgehead atoms. The van der Waals surface area contributed by atoms with Gasteiger partial charge >= 0.3 is 0 Å². The molecule has 0 fully saturated rings. The Kier molecular flexibility index (Phi) is 6.76. The minimum absolute atomic E-state index is 0.128. The highest BCUT2D eigenvalue weighted by atomic mass is 79.9. The van der Waals surface area contributed by atoms with Gasteiger partial charge in [-0.05, 0) is 46.6 Å². The lowest BCUT2D eigenvalue weighted by atomic mass is 10.3. The van der Waals surface area contributed by atoms with Crippen LogP contribution in [0.1, 0.15) is 16.9 Å². The zero-order valence-electron chi connectivity index (χ0n) is 14.1. The number of carbonyl (C=O) groups excluding carboxylic acids is 1. The first-order valence-corrected chi connectivity index (χ1v) is 9.63. The van der Waals surface area contributed by atoms with Crippen molar-refractivity contribution in [1.29, 1.82) is 0 Å². The quantitative estimate of drug-likeness (QED) is 0.502. The fourth-order valence-electron chi connectivity index (χ4n) is 2.28. The number of hydrogen-bond acceptors (Lipinski definition) is 4. The smallest absolute Gasteiger partial charge is 0.271 e. The van der Waals surface area contributed by atoms with Gasteiger partial charge in [0.1, 0.15) is 11.4 Å². The molecule has 0 unspecified atom stereocenters. The molecule has 3 rings (SSSR count). The predicted molar refractivity (Wildman–Crippen MR) is 106 cm³/mol. The molecule has 10 heteroatoms. The summed E-state index contributed by atoms with van der Waals surface area (Å²) in [5.41, 5.74) is 0.322. The van der Waals surface area contributed by atoms with Crippen molar-refractivity contribution in [2.24, 2.45) is 0 Å². The topological polar surface area (TPSA) is 74.0 Å². The molecule has 1 amide bonds. The minimum atomic E-state index is -0.236. The Morgan fingerprint density at radius 1 is 1.26 bits per heavy atom. The Morgan fingerprint density at radius 2 is 2.11 bits per heavy atom. The van der Waals surface area contributed by atoms with Gasteiger partial charge in [0.2, 0.25) is 0 Å². The van der Waals surface area contributed by atoms with Gasteiger partial charge < -0.3 is 10.1 Å². The third-order valence-corrected chi connectivity index (χ3v) is 4.51. The molecule has 3 aromatic rings. The Balaban J connectivity index is 1.44. The van der Waals surface area contributed by atoms with Gasteiger partial charge in [-0.25, -0.2) is 4.68 Å². The van der Waals surface area contributed by atoms with Gasteiger partial charge in [-0.15, -0.1) is 0 Å². The molecule has 0 radical (unpaired) electrons. The third kappa shape index (κ3) is 5.72. The normalized spacial score (nSPS) is 10.8. The number of nitrogens with one attached hydrogen (secondary N) is 1. The lowest BCUT2D eigenvalue weighted by molar-refractivity contribution is 0.0945. The standard InChI is InChI=1S/C17H16BrCl2N5O2/c18-12-9-22-24(10-12)6-1-5-21-17(26)15-4-7-25(23-15)11-27-16-3-2-13(19)8-14(16)20/h2-4,7-10H,1,5-6,11H2,(H,21,26). The van der Waals surface area contributed by atoms with Crippen molar-refractivity contribution >= 4 is 45.0 Å². The molecule has 142 valence electrons. The highest BCUT2D eigenvalue weighted by molar-refractivity contribution is 9.10. The van der Waals surface area contributed by atoms with E-state index in [4.69, 9.17) is 27.9 Å². The average Bonchev–Trinajstić information content (AvgIpc) is 3.27. The summed E-state index contributed by atoms with van der Waals surface area (Å²) in [6.45, 7) is 1.37. The third-order valence-electron chi connectivity index (χ3n) is 3.57. The minimum Gasteiger partial charge on any atom is -0.470 e. The molecule has 0 saturated heterocycles. The first kappa shape index (κ1) is 19.7. The highest BCUT2D eigenvalue weighted by Gasteiger charge is 2.10. The van der Waals surface area contributed by atoms with E-state index in [1.54, 1.807) is 36.7 Å². The Hall–Kier alpha value is -2.03. The summed E-state index contributed by atoms with van der Waals surface area (Å²) in [6, 6.07) is 6.60. The summed E-state index contributed by atoms with van der Waals surface area (Å²) in [5.74, 6) is 0.257. The summed E-state index contributed by atoms with van der Waals surface area (Å²) in [5, 5.41) is 12.1. The van der Waals surface area contributed by atoms with Crippen molar-refractivity contribution in [2.45, 2.75) is 19.7 Å². The summed E-state index contributed by atoms with van der Waals surface area (Å²) in [7, 11) is 0. The number of amides is 1. The molecule has 2 aromatic heterocycles. The molecule has 0 aliphatic rings. The van der Waals surface area contributed by atoms with Crippen molar-refractivity contribution in [1.82, 2.24) is 24.9 Å². The maximum atomic E-state index is 12.1. The molecule has 0 aliphatic carbocycles. The summed E-state index contributed by atoms with van der Waals surface area (Å²) in [6.07, 6.45) is 6.04. The maximum absolute atomic E-state index is 12.1. The van der Waals surface area contributed by atoms with Crippen LogP contribution in [0.5, 0.6) is 5.75 Å². The van der Waals surface area contributed by atoms with Crippen molar-refractivity contribution in [3.63, 3.8) is 0 Å². The summed E-state index contributed by atoms with van der Waals surface area (Å²) >= 11 is 15.3. The lowest BCUT2D eigenvalue weighted by Crippen LogP contribution is -2.26. The zero-order chi connectivity index (χ0) is 19.2. The molecule has 0 aliphatic heterocycles. The molecular weight excluding hydrogens is 457 g/mol. The van der Waals surface area contributed by atoms with Gasteiger partial charge in [-0.1, -0.05) is 23.2 Å². The number of halogens is 3. The van der Waals surface area contributed by atoms with E-state index in [2.05, 4.69) is 31.4 Å². The van der Waals surface area contributed by atoms with Crippen LogP contribution in [0.3, 0.4) is 0 Å². The van der Waals surface area contributed by atoms with E-state index in [1.165, 1.54) is 4.68 Å². The molecule has 1 N–H and O–H groups in total. The van der Waals surface area contributed by atoms with E-state index in [-0.39, 0.29) is 12.6 Å². The number of carbonyl (C=O) groups is 1. The van der Waals surface area contributed by atoms with Crippen LogP contribution in [0.4, 0.5) is 0 Å². The number of aryl methyl sites for hydroxylation is 1. The van der Waals surface area contributed by atoms with Gasteiger partial charge in [0.25, 0.3) is 5.91 Å².